The van der Waals surface area contributed by atoms with E-state index in [1.807, 2.05) is 0 Å². The number of benzene rings is 1. The van der Waals surface area contributed by atoms with E-state index in [0.29, 0.717) is 5.56 Å². The first kappa shape index (κ1) is 19.3. The minimum absolute atomic E-state index is 0.0337. The van der Waals surface area contributed by atoms with E-state index >= 15 is 0 Å². The predicted octanol–water partition coefficient (Wildman–Crippen LogP) is 3.04. The second-order valence-electron chi connectivity index (χ2n) is 5.22. The monoisotopic (exact) mass is 386 g/mol. The van der Waals surface area contributed by atoms with Crippen LogP contribution in [-0.4, -0.2) is 37.8 Å². The molecule has 1 heterocycles. The Kier molecular flexibility index (Phi) is 5.76. The van der Waals surface area contributed by atoms with E-state index in [2.05, 4.69) is 9.72 Å². The molecule has 0 aliphatic heterocycles. The number of aromatic nitrogens is 1. The Morgan fingerprint density at radius 2 is 1.84 bits per heavy atom. The quantitative estimate of drug-likeness (QED) is 0.583. The van der Waals surface area contributed by atoms with E-state index in [1.165, 1.54) is 43.4 Å². The zero-order chi connectivity index (χ0) is 18.8. The summed E-state index contributed by atoms with van der Waals surface area (Å²) in [5.41, 5.74) is 0.196. The molecule has 0 aliphatic rings. The van der Waals surface area contributed by atoms with Crippen LogP contribution < -0.4 is 0 Å². The molecule has 0 radical (unpaired) electrons. The number of sulfonamides is 1. The molecule has 134 valence electrons. The van der Waals surface area contributed by atoms with Crippen molar-refractivity contribution in [1.29, 1.82) is 0 Å². The van der Waals surface area contributed by atoms with Crippen LogP contribution in [-0.2, 0) is 14.8 Å². The van der Waals surface area contributed by atoms with Crippen LogP contribution in [0, 0.1) is 5.82 Å². The van der Waals surface area contributed by atoms with Gasteiger partial charge >= 0.3 is 5.97 Å². The summed E-state index contributed by atoms with van der Waals surface area (Å²) in [6.45, 7) is 1.64. The summed E-state index contributed by atoms with van der Waals surface area (Å²) in [6.07, 6.45) is 0. The lowest BCUT2D eigenvalue weighted by Gasteiger charge is -2.25. The average molecular weight is 387 g/mol. The topological polar surface area (TPSA) is 76.6 Å². The summed E-state index contributed by atoms with van der Waals surface area (Å²) in [4.78, 5) is 15.3. The number of halogens is 2. The number of nitrogens with zero attached hydrogens (tertiary/aromatic N) is 2. The number of ether oxygens (including phenoxy) is 1. The number of carbonyl (C=O) groups is 1. The second-order valence-corrected chi connectivity index (χ2v) is 7.57. The maximum atomic E-state index is 13.1. The van der Waals surface area contributed by atoms with E-state index in [4.69, 9.17) is 11.6 Å². The highest BCUT2D eigenvalue weighted by Gasteiger charge is 2.31. The highest BCUT2D eigenvalue weighted by molar-refractivity contribution is 7.89. The van der Waals surface area contributed by atoms with Crippen molar-refractivity contribution in [2.75, 3.05) is 14.2 Å². The van der Waals surface area contributed by atoms with Crippen LogP contribution in [0.1, 0.15) is 29.0 Å². The molecule has 9 heteroatoms. The van der Waals surface area contributed by atoms with Gasteiger partial charge in [-0.05, 0) is 36.8 Å². The molecular formula is C16H16ClFN2O4S. The Bertz CT molecular complexity index is 888. The SMILES string of the molecule is COC(=O)c1nc(Cl)ccc1S(=O)(=O)N(C)C(C)c1ccc(F)cc1. The van der Waals surface area contributed by atoms with Gasteiger partial charge in [0, 0.05) is 13.1 Å². The number of hydrogen-bond donors (Lipinski definition) is 0. The third-order valence-corrected chi connectivity index (χ3v) is 5.93. The molecule has 0 saturated heterocycles. The van der Waals surface area contributed by atoms with Gasteiger partial charge in [-0.3, -0.25) is 0 Å². The Labute approximate surface area is 150 Å². The standard InChI is InChI=1S/C16H16ClFN2O4S/c1-10(11-4-6-12(18)7-5-11)20(2)25(22,23)13-8-9-14(17)19-15(13)16(21)24-3/h4-10H,1-3H3. The molecular weight excluding hydrogens is 371 g/mol. The van der Waals surface area contributed by atoms with Crippen molar-refractivity contribution in [2.24, 2.45) is 0 Å². The fraction of sp³-hybridized carbons (Fsp3) is 0.250. The molecule has 2 rings (SSSR count). The Morgan fingerprint density at radius 3 is 2.40 bits per heavy atom. The first-order valence-electron chi connectivity index (χ1n) is 7.17. The second kappa shape index (κ2) is 7.47. The molecule has 0 fully saturated rings. The molecule has 0 saturated carbocycles. The lowest BCUT2D eigenvalue weighted by atomic mass is 10.1. The van der Waals surface area contributed by atoms with Crippen molar-refractivity contribution >= 4 is 27.6 Å². The number of rotatable bonds is 5. The van der Waals surface area contributed by atoms with Gasteiger partial charge in [-0.25, -0.2) is 22.6 Å². The first-order chi connectivity index (χ1) is 11.7. The third-order valence-electron chi connectivity index (χ3n) is 3.76. The molecule has 2 aromatic rings. The largest absolute Gasteiger partial charge is 0.464 e. The molecule has 1 aromatic carbocycles. The van der Waals surface area contributed by atoms with E-state index in [-0.39, 0.29) is 10.0 Å². The predicted molar refractivity (Wildman–Crippen MR) is 90.4 cm³/mol. The van der Waals surface area contributed by atoms with Crippen molar-refractivity contribution in [1.82, 2.24) is 9.29 Å². The zero-order valence-corrected chi connectivity index (χ0v) is 15.3. The normalized spacial score (nSPS) is 12.9. The molecule has 0 amide bonds. The van der Waals surface area contributed by atoms with Crippen molar-refractivity contribution < 1.29 is 22.3 Å². The molecule has 1 unspecified atom stereocenters. The highest BCUT2D eigenvalue weighted by Crippen LogP contribution is 2.28. The maximum absolute atomic E-state index is 13.1. The van der Waals surface area contributed by atoms with Crippen LogP contribution >= 0.6 is 11.6 Å². The molecule has 0 aliphatic carbocycles. The Hall–Kier alpha value is -2.03. The molecule has 1 atom stereocenters. The van der Waals surface area contributed by atoms with Gasteiger partial charge in [0.25, 0.3) is 0 Å². The molecule has 1 aromatic heterocycles. The fourth-order valence-corrected chi connectivity index (χ4v) is 3.80. The summed E-state index contributed by atoms with van der Waals surface area (Å²) < 4.78 is 44.6. The smallest absolute Gasteiger partial charge is 0.358 e. The number of methoxy groups -OCH3 is 1. The van der Waals surface area contributed by atoms with E-state index in [9.17, 15) is 17.6 Å². The Balaban J connectivity index is 2.47. The fourth-order valence-electron chi connectivity index (χ4n) is 2.19. The van der Waals surface area contributed by atoms with E-state index in [0.717, 1.165) is 11.4 Å². The van der Waals surface area contributed by atoms with Crippen molar-refractivity contribution in [3.63, 3.8) is 0 Å². The van der Waals surface area contributed by atoms with Gasteiger partial charge in [0.1, 0.15) is 15.9 Å². The molecule has 25 heavy (non-hydrogen) atoms. The van der Waals surface area contributed by atoms with Gasteiger partial charge < -0.3 is 4.74 Å². The molecule has 0 spiro atoms. The lowest BCUT2D eigenvalue weighted by molar-refractivity contribution is 0.0589. The van der Waals surface area contributed by atoms with Crippen molar-refractivity contribution in [3.8, 4) is 0 Å². The summed E-state index contributed by atoms with van der Waals surface area (Å²) in [5, 5.41) is -0.0337. The van der Waals surface area contributed by atoms with Crippen LogP contribution in [0.2, 0.25) is 5.15 Å². The maximum Gasteiger partial charge on any atom is 0.358 e. The van der Waals surface area contributed by atoms with Gasteiger partial charge in [0.15, 0.2) is 5.69 Å². The third kappa shape index (κ3) is 3.97. The van der Waals surface area contributed by atoms with Crippen LogP contribution in [0.3, 0.4) is 0 Å². The van der Waals surface area contributed by atoms with Crippen LogP contribution in [0.15, 0.2) is 41.3 Å². The number of esters is 1. The minimum atomic E-state index is -4.08. The summed E-state index contributed by atoms with van der Waals surface area (Å²) in [5.74, 6) is -1.33. The molecule has 6 nitrogen and oxygen atoms in total. The van der Waals surface area contributed by atoms with Gasteiger partial charge in [0.2, 0.25) is 10.0 Å². The summed E-state index contributed by atoms with van der Waals surface area (Å²) >= 11 is 5.76. The average Bonchev–Trinajstić information content (AvgIpc) is 2.60. The molecule has 0 N–H and O–H groups in total. The summed E-state index contributed by atoms with van der Waals surface area (Å²) in [7, 11) is -1.60. The number of carbonyl (C=O) groups excluding carboxylic acids is 1. The van der Waals surface area contributed by atoms with Gasteiger partial charge in [-0.1, -0.05) is 23.7 Å². The van der Waals surface area contributed by atoms with Gasteiger partial charge in [-0.2, -0.15) is 4.31 Å². The van der Waals surface area contributed by atoms with Crippen LogP contribution in [0.5, 0.6) is 0 Å². The molecule has 0 bridgehead atoms. The lowest BCUT2D eigenvalue weighted by Crippen LogP contribution is -2.31. The Morgan fingerprint density at radius 1 is 1.24 bits per heavy atom. The van der Waals surface area contributed by atoms with Crippen molar-refractivity contribution in [3.05, 3.63) is 58.6 Å². The number of pyridine rings is 1. The number of hydrogen-bond acceptors (Lipinski definition) is 5. The van der Waals surface area contributed by atoms with Gasteiger partial charge in [-0.15, -0.1) is 0 Å². The van der Waals surface area contributed by atoms with E-state index < -0.39 is 33.5 Å². The van der Waals surface area contributed by atoms with E-state index in [1.54, 1.807) is 6.92 Å². The van der Waals surface area contributed by atoms with Gasteiger partial charge in [0.05, 0.1) is 7.11 Å². The van der Waals surface area contributed by atoms with Crippen LogP contribution in [0.4, 0.5) is 4.39 Å². The van der Waals surface area contributed by atoms with Crippen molar-refractivity contribution in [2.45, 2.75) is 17.9 Å². The minimum Gasteiger partial charge on any atom is -0.464 e. The first-order valence-corrected chi connectivity index (χ1v) is 8.98. The van der Waals surface area contributed by atoms with Crippen LogP contribution in [0.25, 0.3) is 0 Å². The summed E-state index contributed by atoms with van der Waals surface area (Å²) in [6, 6.07) is 7.35. The zero-order valence-electron chi connectivity index (χ0n) is 13.7. The highest BCUT2D eigenvalue weighted by atomic mass is 35.5.